The second-order valence-corrected chi connectivity index (χ2v) is 5.34. The first-order chi connectivity index (χ1) is 7.69. The number of piperidine rings is 1. The molecule has 0 aromatic rings. The molecule has 2 nitrogen and oxygen atoms in total. The first-order valence-electron chi connectivity index (χ1n) is 7.18. The molecular weight excluding hydrogens is 196 g/mol. The van der Waals surface area contributed by atoms with E-state index in [1.165, 1.54) is 38.6 Å². The number of hydrogen-bond acceptors (Lipinski definition) is 2. The Kier molecular flexibility index (Phi) is 6.37. The molecule has 0 spiro atoms. The molecule has 0 amide bonds. The van der Waals surface area contributed by atoms with E-state index in [4.69, 9.17) is 0 Å². The van der Waals surface area contributed by atoms with Crippen LogP contribution in [0.2, 0.25) is 0 Å². The summed E-state index contributed by atoms with van der Waals surface area (Å²) in [5.74, 6) is 0. The Morgan fingerprint density at radius 2 is 2.00 bits per heavy atom. The molecule has 1 aliphatic heterocycles. The SMILES string of the molecule is CCNC(C)CC(C)N1CCCCC1CC. The number of likely N-dealkylation sites (tertiary alicyclic amines) is 1. The molecule has 1 rings (SSSR count). The number of hydrogen-bond donors (Lipinski definition) is 1. The lowest BCUT2D eigenvalue weighted by atomic mass is 9.96. The quantitative estimate of drug-likeness (QED) is 0.749. The highest BCUT2D eigenvalue weighted by molar-refractivity contribution is 4.82. The van der Waals surface area contributed by atoms with Gasteiger partial charge in [0, 0.05) is 18.1 Å². The zero-order chi connectivity index (χ0) is 12.0. The summed E-state index contributed by atoms with van der Waals surface area (Å²) < 4.78 is 0. The standard InChI is InChI=1S/C14H30N2/c1-5-14-9-7-8-10-16(14)13(4)11-12(3)15-6-2/h12-15H,5-11H2,1-4H3. The van der Waals surface area contributed by atoms with Crippen LogP contribution in [0.4, 0.5) is 0 Å². The monoisotopic (exact) mass is 226 g/mol. The Morgan fingerprint density at radius 1 is 1.25 bits per heavy atom. The summed E-state index contributed by atoms with van der Waals surface area (Å²) >= 11 is 0. The number of nitrogens with one attached hydrogen (secondary N) is 1. The molecule has 3 atom stereocenters. The summed E-state index contributed by atoms with van der Waals surface area (Å²) in [5.41, 5.74) is 0. The molecule has 1 fully saturated rings. The lowest BCUT2D eigenvalue weighted by molar-refractivity contribution is 0.0906. The average molecular weight is 226 g/mol. The summed E-state index contributed by atoms with van der Waals surface area (Å²) in [6.45, 7) is 11.6. The molecule has 0 aromatic heterocycles. The first kappa shape index (κ1) is 14.0. The lowest BCUT2D eigenvalue weighted by Crippen LogP contribution is -2.46. The van der Waals surface area contributed by atoms with Crippen molar-refractivity contribution in [2.75, 3.05) is 13.1 Å². The van der Waals surface area contributed by atoms with E-state index in [2.05, 4.69) is 37.9 Å². The Morgan fingerprint density at radius 3 is 2.62 bits per heavy atom. The molecule has 1 heterocycles. The van der Waals surface area contributed by atoms with Crippen molar-refractivity contribution in [2.24, 2.45) is 0 Å². The highest BCUT2D eigenvalue weighted by Crippen LogP contribution is 2.23. The van der Waals surface area contributed by atoms with Gasteiger partial charge in [-0.25, -0.2) is 0 Å². The molecule has 0 aromatic carbocycles. The number of rotatable bonds is 6. The molecule has 2 heteroatoms. The first-order valence-corrected chi connectivity index (χ1v) is 7.18. The maximum atomic E-state index is 3.52. The molecular formula is C14H30N2. The van der Waals surface area contributed by atoms with E-state index in [1.807, 2.05) is 0 Å². The third-order valence-electron chi connectivity index (χ3n) is 3.96. The maximum absolute atomic E-state index is 3.52. The van der Waals surface area contributed by atoms with Gasteiger partial charge in [0.15, 0.2) is 0 Å². The van der Waals surface area contributed by atoms with E-state index in [9.17, 15) is 0 Å². The van der Waals surface area contributed by atoms with Crippen LogP contribution < -0.4 is 5.32 Å². The van der Waals surface area contributed by atoms with Gasteiger partial charge in [0.1, 0.15) is 0 Å². The van der Waals surface area contributed by atoms with Gasteiger partial charge >= 0.3 is 0 Å². The number of nitrogens with zero attached hydrogens (tertiary/aromatic N) is 1. The van der Waals surface area contributed by atoms with Crippen LogP contribution in [0, 0.1) is 0 Å². The highest BCUT2D eigenvalue weighted by atomic mass is 15.2. The molecule has 3 unspecified atom stereocenters. The van der Waals surface area contributed by atoms with E-state index < -0.39 is 0 Å². The van der Waals surface area contributed by atoms with Gasteiger partial charge in [0.2, 0.25) is 0 Å². The average Bonchev–Trinajstić information content (AvgIpc) is 2.29. The van der Waals surface area contributed by atoms with Gasteiger partial charge in [-0.3, -0.25) is 4.90 Å². The predicted octanol–water partition coefficient (Wildman–Crippen LogP) is 3.03. The molecule has 0 saturated carbocycles. The van der Waals surface area contributed by atoms with Crippen molar-refractivity contribution in [1.29, 1.82) is 0 Å². The van der Waals surface area contributed by atoms with Crippen LogP contribution in [0.3, 0.4) is 0 Å². The third-order valence-corrected chi connectivity index (χ3v) is 3.96. The Balaban J connectivity index is 2.40. The van der Waals surface area contributed by atoms with Gasteiger partial charge in [-0.2, -0.15) is 0 Å². The molecule has 1 saturated heterocycles. The van der Waals surface area contributed by atoms with Crippen molar-refractivity contribution < 1.29 is 0 Å². The minimum absolute atomic E-state index is 0.652. The molecule has 96 valence electrons. The lowest BCUT2D eigenvalue weighted by Gasteiger charge is -2.40. The Hall–Kier alpha value is -0.0800. The fourth-order valence-electron chi connectivity index (χ4n) is 3.12. The van der Waals surface area contributed by atoms with Crippen molar-refractivity contribution >= 4 is 0 Å². The molecule has 0 radical (unpaired) electrons. The summed E-state index contributed by atoms with van der Waals surface area (Å²) in [5, 5.41) is 3.52. The van der Waals surface area contributed by atoms with Crippen LogP contribution in [-0.2, 0) is 0 Å². The van der Waals surface area contributed by atoms with E-state index >= 15 is 0 Å². The van der Waals surface area contributed by atoms with Gasteiger partial charge < -0.3 is 5.32 Å². The van der Waals surface area contributed by atoms with Crippen LogP contribution >= 0.6 is 0 Å². The van der Waals surface area contributed by atoms with Gasteiger partial charge in [-0.1, -0.05) is 20.3 Å². The van der Waals surface area contributed by atoms with Crippen LogP contribution in [0.15, 0.2) is 0 Å². The van der Waals surface area contributed by atoms with Crippen molar-refractivity contribution in [1.82, 2.24) is 10.2 Å². The summed E-state index contributed by atoms with van der Waals surface area (Å²) in [6, 6.07) is 2.23. The van der Waals surface area contributed by atoms with Gasteiger partial charge in [-0.05, 0) is 52.6 Å². The maximum Gasteiger partial charge on any atom is 0.00954 e. The van der Waals surface area contributed by atoms with Crippen molar-refractivity contribution in [2.45, 2.75) is 77.9 Å². The Labute approximate surface area is 102 Å². The van der Waals surface area contributed by atoms with E-state index in [-0.39, 0.29) is 0 Å². The topological polar surface area (TPSA) is 15.3 Å². The van der Waals surface area contributed by atoms with Crippen molar-refractivity contribution in [3.63, 3.8) is 0 Å². The van der Waals surface area contributed by atoms with Crippen molar-refractivity contribution in [3.8, 4) is 0 Å². The zero-order valence-corrected chi connectivity index (χ0v) is 11.6. The zero-order valence-electron chi connectivity index (χ0n) is 11.6. The fraction of sp³-hybridized carbons (Fsp3) is 1.00. The molecule has 0 bridgehead atoms. The second-order valence-electron chi connectivity index (χ2n) is 5.34. The molecule has 16 heavy (non-hydrogen) atoms. The van der Waals surface area contributed by atoms with Gasteiger partial charge in [-0.15, -0.1) is 0 Å². The van der Waals surface area contributed by atoms with Crippen molar-refractivity contribution in [3.05, 3.63) is 0 Å². The second kappa shape index (κ2) is 7.29. The molecule has 1 aliphatic rings. The van der Waals surface area contributed by atoms with Crippen LogP contribution in [-0.4, -0.2) is 36.1 Å². The van der Waals surface area contributed by atoms with Crippen LogP contribution in [0.25, 0.3) is 0 Å². The predicted molar refractivity (Wildman–Crippen MR) is 71.9 cm³/mol. The minimum atomic E-state index is 0.652. The van der Waals surface area contributed by atoms with Gasteiger partial charge in [0.05, 0.1) is 0 Å². The largest absolute Gasteiger partial charge is 0.314 e. The summed E-state index contributed by atoms with van der Waals surface area (Å²) in [4.78, 5) is 2.75. The normalized spacial score (nSPS) is 26.6. The summed E-state index contributed by atoms with van der Waals surface area (Å²) in [7, 11) is 0. The summed E-state index contributed by atoms with van der Waals surface area (Å²) in [6.07, 6.45) is 6.85. The smallest absolute Gasteiger partial charge is 0.00954 e. The van der Waals surface area contributed by atoms with E-state index in [0.717, 1.165) is 18.6 Å². The fourth-order valence-corrected chi connectivity index (χ4v) is 3.12. The third kappa shape index (κ3) is 4.06. The van der Waals surface area contributed by atoms with E-state index in [1.54, 1.807) is 0 Å². The minimum Gasteiger partial charge on any atom is -0.314 e. The Bertz CT molecular complexity index is 182. The van der Waals surface area contributed by atoms with Crippen LogP contribution in [0.1, 0.15) is 59.8 Å². The molecule has 0 aliphatic carbocycles. The van der Waals surface area contributed by atoms with E-state index in [0.29, 0.717) is 6.04 Å². The molecule has 1 N–H and O–H groups in total. The highest BCUT2D eigenvalue weighted by Gasteiger charge is 2.25. The van der Waals surface area contributed by atoms with Crippen LogP contribution in [0.5, 0.6) is 0 Å². The van der Waals surface area contributed by atoms with Gasteiger partial charge in [0.25, 0.3) is 0 Å².